The van der Waals surface area contributed by atoms with Gasteiger partial charge < -0.3 is 25.2 Å². The van der Waals surface area contributed by atoms with Crippen LogP contribution in [0.3, 0.4) is 0 Å². The van der Waals surface area contributed by atoms with Crippen LogP contribution >= 0.6 is 0 Å². The van der Waals surface area contributed by atoms with Crippen LogP contribution in [0.25, 0.3) is 0 Å². The lowest BCUT2D eigenvalue weighted by Gasteiger charge is -2.16. The van der Waals surface area contributed by atoms with Gasteiger partial charge in [0.1, 0.15) is 5.75 Å². The molecule has 3 N–H and O–H groups in total. The molecule has 2 aromatic rings. The highest BCUT2D eigenvalue weighted by Gasteiger charge is 2.19. The van der Waals surface area contributed by atoms with Crippen molar-refractivity contribution in [2.24, 2.45) is 0 Å². The molecule has 0 radical (unpaired) electrons. The Morgan fingerprint density at radius 2 is 1.68 bits per heavy atom. The van der Waals surface area contributed by atoms with Gasteiger partial charge in [-0.2, -0.15) is 0 Å². The third-order valence-corrected chi connectivity index (χ3v) is 3.61. The number of nitrogens with one attached hydrogen (secondary N) is 2. The number of para-hydroxylation sites is 2. The molecule has 1 unspecified atom stereocenters. The highest BCUT2D eigenvalue weighted by Crippen LogP contribution is 2.29. The van der Waals surface area contributed by atoms with Crippen LogP contribution in [0.15, 0.2) is 42.5 Å². The van der Waals surface area contributed by atoms with E-state index in [0.717, 1.165) is 5.56 Å². The van der Waals surface area contributed by atoms with Crippen molar-refractivity contribution in [3.05, 3.63) is 48.0 Å². The Kier molecular flexibility index (Phi) is 5.84. The van der Waals surface area contributed by atoms with Gasteiger partial charge >= 0.3 is 11.8 Å². The lowest BCUT2D eigenvalue weighted by molar-refractivity contribution is -0.136. The van der Waals surface area contributed by atoms with E-state index < -0.39 is 17.9 Å². The number of rotatable bonds is 5. The number of phenolic OH excluding ortho intramolecular Hbond substituents is 1. The van der Waals surface area contributed by atoms with Crippen LogP contribution < -0.4 is 20.1 Å². The molecule has 0 aliphatic rings. The molecule has 7 heteroatoms. The van der Waals surface area contributed by atoms with E-state index in [0.29, 0.717) is 11.5 Å². The van der Waals surface area contributed by atoms with Crippen molar-refractivity contribution in [2.45, 2.75) is 13.0 Å². The number of amides is 2. The zero-order valence-electron chi connectivity index (χ0n) is 14.2. The van der Waals surface area contributed by atoms with E-state index >= 15 is 0 Å². The van der Waals surface area contributed by atoms with Crippen LogP contribution in [0.4, 0.5) is 5.69 Å². The smallest absolute Gasteiger partial charge is 0.313 e. The van der Waals surface area contributed by atoms with Crippen molar-refractivity contribution >= 4 is 17.5 Å². The van der Waals surface area contributed by atoms with Gasteiger partial charge in [-0.1, -0.05) is 18.2 Å². The van der Waals surface area contributed by atoms with E-state index in [-0.39, 0.29) is 11.4 Å². The second-order valence-electron chi connectivity index (χ2n) is 5.28. The lowest BCUT2D eigenvalue weighted by Crippen LogP contribution is -2.36. The van der Waals surface area contributed by atoms with E-state index in [1.807, 2.05) is 0 Å². The summed E-state index contributed by atoms with van der Waals surface area (Å²) in [5.74, 6) is -0.696. The first-order valence-electron chi connectivity index (χ1n) is 7.58. The fourth-order valence-corrected chi connectivity index (χ4v) is 2.23. The molecule has 0 aliphatic heterocycles. The maximum Gasteiger partial charge on any atom is 0.313 e. The van der Waals surface area contributed by atoms with E-state index in [1.54, 1.807) is 37.3 Å². The van der Waals surface area contributed by atoms with Gasteiger partial charge in [0.05, 0.1) is 25.9 Å². The summed E-state index contributed by atoms with van der Waals surface area (Å²) in [7, 11) is 3.05. The normalized spacial score (nSPS) is 11.3. The third-order valence-electron chi connectivity index (χ3n) is 3.61. The summed E-state index contributed by atoms with van der Waals surface area (Å²) < 4.78 is 10.4. The summed E-state index contributed by atoms with van der Waals surface area (Å²) in [6, 6.07) is 11.0. The number of anilines is 1. The standard InChI is InChI=1S/C18H20N2O5/c1-11(12-8-9-15(24-2)16(10-12)25-3)19-17(22)18(23)20-13-6-4-5-7-14(13)21/h4-11,21H,1-3H3,(H,19,22)(H,20,23). The first-order chi connectivity index (χ1) is 12.0. The Morgan fingerprint density at radius 1 is 1.00 bits per heavy atom. The molecular formula is C18H20N2O5. The van der Waals surface area contributed by atoms with Gasteiger partial charge in [-0.25, -0.2) is 0 Å². The lowest BCUT2D eigenvalue weighted by atomic mass is 10.1. The number of methoxy groups -OCH3 is 2. The molecule has 0 heterocycles. The number of carbonyl (C=O) groups is 2. The summed E-state index contributed by atoms with van der Waals surface area (Å²) in [6.45, 7) is 1.74. The van der Waals surface area contributed by atoms with Gasteiger partial charge in [0, 0.05) is 0 Å². The van der Waals surface area contributed by atoms with Crippen molar-refractivity contribution in [2.75, 3.05) is 19.5 Å². The number of carbonyl (C=O) groups excluding carboxylic acids is 2. The largest absolute Gasteiger partial charge is 0.506 e. The minimum atomic E-state index is -0.867. The van der Waals surface area contributed by atoms with Crippen molar-refractivity contribution in [3.63, 3.8) is 0 Å². The molecule has 0 bridgehead atoms. The molecule has 0 aromatic heterocycles. The van der Waals surface area contributed by atoms with Gasteiger partial charge in [0.2, 0.25) is 0 Å². The monoisotopic (exact) mass is 344 g/mol. The molecule has 2 rings (SSSR count). The number of hydrogen-bond acceptors (Lipinski definition) is 5. The minimum absolute atomic E-state index is 0.114. The van der Waals surface area contributed by atoms with Crippen LogP contribution in [0.5, 0.6) is 17.2 Å². The number of ether oxygens (including phenoxy) is 2. The summed E-state index contributed by atoms with van der Waals surface area (Å²) in [5.41, 5.74) is 0.919. The second-order valence-corrected chi connectivity index (χ2v) is 5.28. The summed E-state index contributed by atoms with van der Waals surface area (Å²) in [6.07, 6.45) is 0. The van der Waals surface area contributed by atoms with E-state index in [4.69, 9.17) is 9.47 Å². The number of phenols is 1. The number of aromatic hydroxyl groups is 1. The van der Waals surface area contributed by atoms with E-state index in [1.165, 1.54) is 26.4 Å². The van der Waals surface area contributed by atoms with Gasteiger partial charge in [-0.15, -0.1) is 0 Å². The first kappa shape index (κ1) is 18.1. The van der Waals surface area contributed by atoms with Crippen molar-refractivity contribution in [1.82, 2.24) is 5.32 Å². The van der Waals surface area contributed by atoms with Crippen molar-refractivity contribution < 1.29 is 24.2 Å². The average Bonchev–Trinajstić information content (AvgIpc) is 2.62. The first-order valence-corrected chi connectivity index (χ1v) is 7.58. The van der Waals surface area contributed by atoms with Gasteiger partial charge in [-0.3, -0.25) is 9.59 Å². The predicted molar refractivity (Wildman–Crippen MR) is 92.8 cm³/mol. The Balaban J connectivity index is 2.04. The summed E-state index contributed by atoms with van der Waals surface area (Å²) in [5, 5.41) is 14.6. The Hall–Kier alpha value is -3.22. The maximum atomic E-state index is 12.1. The summed E-state index contributed by atoms with van der Waals surface area (Å²) >= 11 is 0. The molecule has 0 aliphatic carbocycles. The SMILES string of the molecule is COc1ccc(C(C)NC(=O)C(=O)Nc2ccccc2O)cc1OC. The highest BCUT2D eigenvalue weighted by molar-refractivity contribution is 6.39. The molecule has 1 atom stereocenters. The molecule has 132 valence electrons. The molecule has 0 saturated heterocycles. The van der Waals surface area contributed by atoms with Crippen LogP contribution in [0.1, 0.15) is 18.5 Å². The number of benzene rings is 2. The van der Waals surface area contributed by atoms with E-state index in [9.17, 15) is 14.7 Å². The minimum Gasteiger partial charge on any atom is -0.506 e. The Labute approximate surface area is 145 Å². The van der Waals surface area contributed by atoms with Crippen LogP contribution in [0.2, 0.25) is 0 Å². The van der Waals surface area contributed by atoms with Gasteiger partial charge in [0.25, 0.3) is 0 Å². The van der Waals surface area contributed by atoms with Gasteiger partial charge in [0.15, 0.2) is 11.5 Å². The number of hydrogen-bond donors (Lipinski definition) is 3. The zero-order valence-corrected chi connectivity index (χ0v) is 14.2. The fraction of sp³-hybridized carbons (Fsp3) is 0.222. The molecular weight excluding hydrogens is 324 g/mol. The van der Waals surface area contributed by atoms with Crippen LogP contribution in [0, 0.1) is 0 Å². The highest BCUT2D eigenvalue weighted by atomic mass is 16.5. The zero-order chi connectivity index (χ0) is 18.4. The van der Waals surface area contributed by atoms with Crippen LogP contribution in [-0.4, -0.2) is 31.1 Å². The molecule has 25 heavy (non-hydrogen) atoms. The average molecular weight is 344 g/mol. The fourth-order valence-electron chi connectivity index (χ4n) is 2.23. The molecule has 0 spiro atoms. The molecule has 0 fully saturated rings. The Bertz CT molecular complexity index is 776. The molecule has 7 nitrogen and oxygen atoms in total. The van der Waals surface area contributed by atoms with E-state index in [2.05, 4.69) is 10.6 Å². The predicted octanol–water partition coefficient (Wildman–Crippen LogP) is 2.23. The Morgan fingerprint density at radius 3 is 2.32 bits per heavy atom. The quantitative estimate of drug-likeness (QED) is 0.571. The van der Waals surface area contributed by atoms with Gasteiger partial charge in [-0.05, 0) is 36.8 Å². The van der Waals surface area contributed by atoms with Crippen molar-refractivity contribution in [3.8, 4) is 17.2 Å². The second kappa shape index (κ2) is 8.05. The summed E-state index contributed by atoms with van der Waals surface area (Å²) in [4.78, 5) is 24.0. The topological polar surface area (TPSA) is 96.9 Å². The molecule has 2 aromatic carbocycles. The molecule has 2 amide bonds. The third kappa shape index (κ3) is 4.41. The van der Waals surface area contributed by atoms with Crippen molar-refractivity contribution in [1.29, 1.82) is 0 Å². The molecule has 0 saturated carbocycles. The van der Waals surface area contributed by atoms with Crippen LogP contribution in [-0.2, 0) is 9.59 Å². The maximum absolute atomic E-state index is 12.1.